The first-order valence-corrected chi connectivity index (χ1v) is 5.99. The fourth-order valence-corrected chi connectivity index (χ4v) is 2.10. The second-order valence-electron chi connectivity index (χ2n) is 3.02. The van der Waals surface area contributed by atoms with Crippen LogP contribution in [0.15, 0.2) is 29.2 Å². The minimum absolute atomic E-state index is 0.0194. The summed E-state index contributed by atoms with van der Waals surface area (Å²) in [4.78, 5) is 10.6. The second kappa shape index (κ2) is 5.06. The fraction of sp³-hybridized carbons (Fsp3) is 0.222. The van der Waals surface area contributed by atoms with Crippen LogP contribution in [0.3, 0.4) is 0 Å². The van der Waals surface area contributed by atoms with Crippen LogP contribution in [0.2, 0.25) is 0 Å². The van der Waals surface area contributed by atoms with Crippen molar-refractivity contribution < 1.29 is 18.3 Å². The summed E-state index contributed by atoms with van der Waals surface area (Å²) in [5.41, 5.74) is 5.21. The molecule has 6 nitrogen and oxygen atoms in total. The molecule has 88 valence electrons. The zero-order chi connectivity index (χ0) is 12.2. The van der Waals surface area contributed by atoms with Crippen LogP contribution >= 0.6 is 0 Å². The molecule has 0 saturated heterocycles. The Morgan fingerprint density at radius 3 is 2.31 bits per heavy atom. The highest BCUT2D eigenvalue weighted by Gasteiger charge is 2.13. The standard InChI is InChI=1S/C9H12N2O4S/c10-5-6-11-16(14,15)8-3-1-7(2-4-8)9(12)13/h1-4,11H,5-6,10H2,(H,12,13). The minimum atomic E-state index is -3.59. The number of benzene rings is 1. The number of rotatable bonds is 5. The third-order valence-electron chi connectivity index (χ3n) is 1.85. The van der Waals surface area contributed by atoms with Gasteiger partial charge in [-0.3, -0.25) is 0 Å². The van der Waals surface area contributed by atoms with Gasteiger partial charge in [-0.15, -0.1) is 0 Å². The summed E-state index contributed by atoms with van der Waals surface area (Å²) < 4.78 is 25.4. The number of hydrogen-bond acceptors (Lipinski definition) is 4. The van der Waals surface area contributed by atoms with E-state index in [4.69, 9.17) is 10.8 Å². The van der Waals surface area contributed by atoms with E-state index in [1.54, 1.807) is 0 Å². The Balaban J connectivity index is 2.93. The van der Waals surface area contributed by atoms with Crippen LogP contribution in [0.25, 0.3) is 0 Å². The Kier molecular flexibility index (Phi) is 3.99. The second-order valence-corrected chi connectivity index (χ2v) is 4.78. The predicted octanol–water partition coefficient (Wildman–Crippen LogP) is -0.378. The highest BCUT2D eigenvalue weighted by molar-refractivity contribution is 7.89. The summed E-state index contributed by atoms with van der Waals surface area (Å²) in [5, 5.41) is 8.64. The van der Waals surface area contributed by atoms with E-state index in [1.807, 2.05) is 0 Å². The van der Waals surface area contributed by atoms with Crippen LogP contribution in [-0.4, -0.2) is 32.6 Å². The SMILES string of the molecule is NCCNS(=O)(=O)c1ccc(C(=O)O)cc1. The highest BCUT2D eigenvalue weighted by atomic mass is 32.2. The number of sulfonamides is 1. The van der Waals surface area contributed by atoms with Crippen molar-refractivity contribution in [2.75, 3.05) is 13.1 Å². The van der Waals surface area contributed by atoms with E-state index < -0.39 is 16.0 Å². The van der Waals surface area contributed by atoms with Gasteiger partial charge in [0, 0.05) is 13.1 Å². The summed E-state index contributed by atoms with van der Waals surface area (Å²) in [7, 11) is -3.59. The van der Waals surface area contributed by atoms with Gasteiger partial charge >= 0.3 is 5.97 Å². The lowest BCUT2D eigenvalue weighted by molar-refractivity contribution is 0.0697. The lowest BCUT2D eigenvalue weighted by Gasteiger charge is -2.05. The van der Waals surface area contributed by atoms with Gasteiger partial charge in [0.1, 0.15) is 0 Å². The number of carboxylic acids is 1. The molecule has 0 heterocycles. The zero-order valence-electron chi connectivity index (χ0n) is 8.38. The largest absolute Gasteiger partial charge is 0.478 e. The van der Waals surface area contributed by atoms with Gasteiger partial charge in [0.05, 0.1) is 10.5 Å². The normalized spacial score (nSPS) is 11.3. The number of aromatic carboxylic acids is 1. The smallest absolute Gasteiger partial charge is 0.335 e. The van der Waals surface area contributed by atoms with Crippen molar-refractivity contribution in [2.24, 2.45) is 5.73 Å². The zero-order valence-corrected chi connectivity index (χ0v) is 9.20. The summed E-state index contributed by atoms with van der Waals surface area (Å²) in [6.07, 6.45) is 0. The maximum absolute atomic E-state index is 11.6. The van der Waals surface area contributed by atoms with E-state index >= 15 is 0 Å². The average molecular weight is 244 g/mol. The first-order valence-electron chi connectivity index (χ1n) is 4.50. The minimum Gasteiger partial charge on any atom is -0.478 e. The van der Waals surface area contributed by atoms with Crippen LogP contribution in [-0.2, 0) is 10.0 Å². The van der Waals surface area contributed by atoms with Crippen LogP contribution < -0.4 is 10.5 Å². The van der Waals surface area contributed by atoms with Crippen molar-refractivity contribution in [1.82, 2.24) is 4.72 Å². The number of carboxylic acid groups (broad SMARTS) is 1. The van der Waals surface area contributed by atoms with Gasteiger partial charge in [0.25, 0.3) is 0 Å². The molecule has 7 heteroatoms. The van der Waals surface area contributed by atoms with E-state index in [1.165, 1.54) is 24.3 Å². The molecular weight excluding hydrogens is 232 g/mol. The van der Waals surface area contributed by atoms with Crippen molar-refractivity contribution in [3.05, 3.63) is 29.8 Å². The quantitative estimate of drug-likeness (QED) is 0.654. The Labute approximate surface area is 93.1 Å². The summed E-state index contributed by atoms with van der Waals surface area (Å²) >= 11 is 0. The van der Waals surface area contributed by atoms with Crippen molar-refractivity contribution in [3.8, 4) is 0 Å². The number of nitrogens with one attached hydrogen (secondary N) is 1. The molecule has 0 unspecified atom stereocenters. The van der Waals surface area contributed by atoms with Gasteiger partial charge in [-0.2, -0.15) is 0 Å². The third kappa shape index (κ3) is 3.02. The van der Waals surface area contributed by atoms with Gasteiger partial charge in [-0.25, -0.2) is 17.9 Å². The lowest BCUT2D eigenvalue weighted by atomic mass is 10.2. The van der Waals surface area contributed by atoms with E-state index in [0.29, 0.717) is 0 Å². The molecule has 0 fully saturated rings. The maximum atomic E-state index is 11.6. The van der Waals surface area contributed by atoms with Crippen molar-refractivity contribution in [2.45, 2.75) is 4.90 Å². The number of carbonyl (C=O) groups is 1. The molecule has 0 radical (unpaired) electrons. The number of hydrogen-bond donors (Lipinski definition) is 3. The van der Waals surface area contributed by atoms with E-state index in [0.717, 1.165) is 0 Å². The van der Waals surface area contributed by atoms with Gasteiger partial charge < -0.3 is 10.8 Å². The predicted molar refractivity (Wildman–Crippen MR) is 57.6 cm³/mol. The first-order chi connectivity index (χ1) is 7.47. The fourth-order valence-electron chi connectivity index (χ4n) is 1.05. The average Bonchev–Trinajstić information content (AvgIpc) is 2.26. The number of nitrogens with two attached hydrogens (primary N) is 1. The van der Waals surface area contributed by atoms with Gasteiger partial charge in [-0.1, -0.05) is 0 Å². The van der Waals surface area contributed by atoms with Gasteiger partial charge in [0.15, 0.2) is 0 Å². The molecule has 0 atom stereocenters. The summed E-state index contributed by atoms with van der Waals surface area (Å²) in [5.74, 6) is -1.10. The van der Waals surface area contributed by atoms with Crippen molar-refractivity contribution >= 4 is 16.0 Å². The molecule has 0 amide bonds. The molecule has 0 bridgehead atoms. The van der Waals surface area contributed by atoms with E-state index in [9.17, 15) is 13.2 Å². The Hall–Kier alpha value is -1.44. The van der Waals surface area contributed by atoms with Gasteiger partial charge in [-0.05, 0) is 24.3 Å². The topological polar surface area (TPSA) is 109 Å². The molecule has 0 saturated carbocycles. The molecule has 0 aliphatic heterocycles. The Morgan fingerprint density at radius 2 is 1.88 bits per heavy atom. The Morgan fingerprint density at radius 1 is 1.31 bits per heavy atom. The molecule has 0 aliphatic rings. The van der Waals surface area contributed by atoms with E-state index in [-0.39, 0.29) is 23.5 Å². The molecule has 1 rings (SSSR count). The van der Waals surface area contributed by atoms with Crippen LogP contribution in [0.4, 0.5) is 0 Å². The highest BCUT2D eigenvalue weighted by Crippen LogP contribution is 2.10. The molecule has 0 aliphatic carbocycles. The lowest BCUT2D eigenvalue weighted by Crippen LogP contribution is -2.29. The molecule has 0 spiro atoms. The van der Waals surface area contributed by atoms with Crippen LogP contribution in [0.1, 0.15) is 10.4 Å². The van der Waals surface area contributed by atoms with Crippen LogP contribution in [0.5, 0.6) is 0 Å². The molecule has 1 aromatic carbocycles. The molecule has 1 aromatic rings. The first kappa shape index (κ1) is 12.6. The third-order valence-corrected chi connectivity index (χ3v) is 3.32. The van der Waals surface area contributed by atoms with Crippen molar-refractivity contribution in [1.29, 1.82) is 0 Å². The van der Waals surface area contributed by atoms with Gasteiger partial charge in [0.2, 0.25) is 10.0 Å². The monoisotopic (exact) mass is 244 g/mol. The summed E-state index contributed by atoms with van der Waals surface area (Å²) in [6.45, 7) is 0.343. The van der Waals surface area contributed by atoms with Crippen LogP contribution in [0, 0.1) is 0 Å². The maximum Gasteiger partial charge on any atom is 0.335 e. The summed E-state index contributed by atoms with van der Waals surface area (Å²) in [6, 6.07) is 4.95. The molecular formula is C9H12N2O4S. The molecule has 0 aromatic heterocycles. The van der Waals surface area contributed by atoms with E-state index in [2.05, 4.69) is 4.72 Å². The molecule has 16 heavy (non-hydrogen) atoms. The molecule has 4 N–H and O–H groups in total. The Bertz CT molecular complexity index is 467. The van der Waals surface area contributed by atoms with Crippen molar-refractivity contribution in [3.63, 3.8) is 0 Å².